The fraction of sp³-hybridized carbons (Fsp3) is 0.438. The van der Waals surface area contributed by atoms with Crippen molar-refractivity contribution in [2.24, 2.45) is 0 Å². The molecule has 2 rings (SSSR count). The molecule has 3 nitrogen and oxygen atoms in total. The maximum atomic E-state index is 11.3. The normalized spacial score (nSPS) is 18.3. The molecule has 1 aromatic rings. The fourth-order valence-corrected chi connectivity index (χ4v) is 2.44. The Morgan fingerprint density at radius 3 is 2.79 bits per heavy atom. The second kappa shape index (κ2) is 6.13. The van der Waals surface area contributed by atoms with E-state index in [0.717, 1.165) is 11.1 Å². The van der Waals surface area contributed by atoms with Crippen LogP contribution in [0.15, 0.2) is 36.9 Å². The molecule has 19 heavy (non-hydrogen) atoms. The molecule has 0 atom stereocenters. The molecular formula is C16H20O3. The van der Waals surface area contributed by atoms with E-state index in [0.29, 0.717) is 38.9 Å². The first kappa shape index (κ1) is 14.0. The summed E-state index contributed by atoms with van der Waals surface area (Å²) >= 11 is 0. The Kier molecular flexibility index (Phi) is 4.51. The van der Waals surface area contributed by atoms with Gasteiger partial charge in [-0.2, -0.15) is 0 Å². The Labute approximate surface area is 113 Å². The lowest BCUT2D eigenvalue weighted by atomic mass is 9.79. The topological polar surface area (TPSA) is 46.5 Å². The minimum atomic E-state index is -0.859. The van der Waals surface area contributed by atoms with Crippen LogP contribution < -0.4 is 0 Å². The van der Waals surface area contributed by atoms with Crippen molar-refractivity contribution in [2.75, 3.05) is 6.61 Å². The van der Waals surface area contributed by atoms with E-state index >= 15 is 0 Å². The first-order chi connectivity index (χ1) is 9.14. The van der Waals surface area contributed by atoms with Crippen LogP contribution in [0.4, 0.5) is 0 Å². The molecule has 3 heteroatoms. The van der Waals surface area contributed by atoms with Gasteiger partial charge in [0.1, 0.15) is 5.78 Å². The summed E-state index contributed by atoms with van der Waals surface area (Å²) in [6.45, 7) is 4.63. The van der Waals surface area contributed by atoms with Crippen molar-refractivity contribution in [3.05, 3.63) is 48.0 Å². The zero-order chi connectivity index (χ0) is 13.7. The number of carbonyl (C=O) groups excluding carboxylic acids is 1. The van der Waals surface area contributed by atoms with Gasteiger partial charge in [-0.25, -0.2) is 0 Å². The molecule has 0 amide bonds. The molecule has 102 valence electrons. The van der Waals surface area contributed by atoms with E-state index in [1.54, 1.807) is 6.08 Å². The van der Waals surface area contributed by atoms with Crippen LogP contribution >= 0.6 is 0 Å². The van der Waals surface area contributed by atoms with Gasteiger partial charge < -0.3 is 9.84 Å². The quantitative estimate of drug-likeness (QED) is 0.654. The Balaban J connectivity index is 2.09. The molecule has 1 aliphatic rings. The van der Waals surface area contributed by atoms with E-state index < -0.39 is 5.60 Å². The van der Waals surface area contributed by atoms with E-state index in [2.05, 4.69) is 6.58 Å². The summed E-state index contributed by atoms with van der Waals surface area (Å²) in [5.41, 5.74) is 1.06. The van der Waals surface area contributed by atoms with Crippen molar-refractivity contribution in [3.8, 4) is 0 Å². The Hall–Kier alpha value is -1.45. The Bertz CT molecular complexity index is 455. The molecule has 0 spiro atoms. The number of ketones is 1. The van der Waals surface area contributed by atoms with Crippen LogP contribution in [0.1, 0.15) is 36.8 Å². The molecule has 0 unspecified atom stereocenters. The summed E-state index contributed by atoms with van der Waals surface area (Å²) < 4.78 is 5.41. The minimum absolute atomic E-state index is 0.246. The summed E-state index contributed by atoms with van der Waals surface area (Å²) in [4.78, 5) is 11.3. The largest absolute Gasteiger partial charge is 0.385 e. The highest BCUT2D eigenvalue weighted by molar-refractivity contribution is 5.79. The zero-order valence-electron chi connectivity index (χ0n) is 11.1. The third kappa shape index (κ3) is 3.52. The SMILES string of the molecule is C=CCOCc1cccc(C2(O)CCC(=O)CC2)c1. The molecule has 1 saturated carbocycles. The highest BCUT2D eigenvalue weighted by atomic mass is 16.5. The van der Waals surface area contributed by atoms with E-state index in [4.69, 9.17) is 4.74 Å². The van der Waals surface area contributed by atoms with Gasteiger partial charge in [0.15, 0.2) is 0 Å². The Morgan fingerprint density at radius 1 is 1.37 bits per heavy atom. The Morgan fingerprint density at radius 2 is 2.11 bits per heavy atom. The highest BCUT2D eigenvalue weighted by Crippen LogP contribution is 2.35. The van der Waals surface area contributed by atoms with Crippen LogP contribution in [0.2, 0.25) is 0 Å². The van der Waals surface area contributed by atoms with Gasteiger partial charge in [-0.15, -0.1) is 6.58 Å². The lowest BCUT2D eigenvalue weighted by molar-refractivity contribution is -0.125. The predicted octanol–water partition coefficient (Wildman–Crippen LogP) is 2.72. The van der Waals surface area contributed by atoms with Crippen molar-refractivity contribution in [3.63, 3.8) is 0 Å². The maximum absolute atomic E-state index is 11.3. The van der Waals surface area contributed by atoms with Crippen molar-refractivity contribution in [2.45, 2.75) is 37.9 Å². The lowest BCUT2D eigenvalue weighted by Crippen LogP contribution is -2.31. The van der Waals surface area contributed by atoms with Crippen LogP contribution in [-0.4, -0.2) is 17.5 Å². The third-order valence-electron chi connectivity index (χ3n) is 3.60. The fourth-order valence-electron chi connectivity index (χ4n) is 2.44. The minimum Gasteiger partial charge on any atom is -0.385 e. The molecule has 1 aromatic carbocycles. The van der Waals surface area contributed by atoms with Gasteiger partial charge in [0.25, 0.3) is 0 Å². The van der Waals surface area contributed by atoms with Crippen LogP contribution in [0.5, 0.6) is 0 Å². The van der Waals surface area contributed by atoms with Gasteiger partial charge in [-0.05, 0) is 24.0 Å². The van der Waals surface area contributed by atoms with Gasteiger partial charge in [-0.1, -0.05) is 30.3 Å². The van der Waals surface area contributed by atoms with Crippen LogP contribution in [0.25, 0.3) is 0 Å². The number of Topliss-reactive ketones (excluding diaryl/α,β-unsaturated/α-hetero) is 1. The van der Waals surface area contributed by atoms with Gasteiger partial charge in [0.2, 0.25) is 0 Å². The smallest absolute Gasteiger partial charge is 0.133 e. The summed E-state index contributed by atoms with van der Waals surface area (Å²) in [5.74, 6) is 0.246. The average molecular weight is 260 g/mol. The first-order valence-electron chi connectivity index (χ1n) is 6.66. The number of hydrogen-bond donors (Lipinski definition) is 1. The first-order valence-corrected chi connectivity index (χ1v) is 6.66. The summed E-state index contributed by atoms with van der Waals surface area (Å²) in [5, 5.41) is 10.6. The lowest BCUT2D eigenvalue weighted by Gasteiger charge is -2.32. The van der Waals surface area contributed by atoms with E-state index in [9.17, 15) is 9.90 Å². The van der Waals surface area contributed by atoms with E-state index in [1.807, 2.05) is 24.3 Å². The molecular weight excluding hydrogens is 240 g/mol. The second-order valence-electron chi connectivity index (χ2n) is 5.07. The molecule has 1 N–H and O–H groups in total. The number of rotatable bonds is 5. The molecule has 1 aliphatic carbocycles. The van der Waals surface area contributed by atoms with E-state index in [1.165, 1.54) is 0 Å². The van der Waals surface area contributed by atoms with Crippen molar-refractivity contribution < 1.29 is 14.6 Å². The number of ether oxygens (including phenoxy) is 1. The number of carbonyl (C=O) groups is 1. The average Bonchev–Trinajstić information content (AvgIpc) is 2.43. The molecule has 0 saturated heterocycles. The van der Waals surface area contributed by atoms with Crippen molar-refractivity contribution in [1.29, 1.82) is 0 Å². The number of aliphatic hydroxyl groups is 1. The molecule has 0 aromatic heterocycles. The molecule has 0 heterocycles. The molecule has 0 radical (unpaired) electrons. The molecule has 1 fully saturated rings. The molecule has 0 bridgehead atoms. The predicted molar refractivity (Wildman–Crippen MR) is 73.7 cm³/mol. The number of hydrogen-bond acceptors (Lipinski definition) is 3. The second-order valence-corrected chi connectivity index (χ2v) is 5.07. The van der Waals surface area contributed by atoms with Gasteiger partial charge in [0.05, 0.1) is 18.8 Å². The van der Waals surface area contributed by atoms with Gasteiger partial charge >= 0.3 is 0 Å². The summed E-state index contributed by atoms with van der Waals surface area (Å²) in [6, 6.07) is 7.80. The standard InChI is InChI=1S/C16H20O3/c1-2-10-19-12-13-4-3-5-14(11-13)16(18)8-6-15(17)7-9-16/h2-5,11,18H,1,6-10,12H2. The molecule has 0 aliphatic heterocycles. The van der Waals surface area contributed by atoms with Crippen LogP contribution in [0.3, 0.4) is 0 Å². The maximum Gasteiger partial charge on any atom is 0.133 e. The van der Waals surface area contributed by atoms with Crippen LogP contribution in [-0.2, 0) is 21.7 Å². The third-order valence-corrected chi connectivity index (χ3v) is 3.60. The summed E-state index contributed by atoms with van der Waals surface area (Å²) in [7, 11) is 0. The van der Waals surface area contributed by atoms with E-state index in [-0.39, 0.29) is 5.78 Å². The van der Waals surface area contributed by atoms with Crippen molar-refractivity contribution >= 4 is 5.78 Å². The van der Waals surface area contributed by atoms with Gasteiger partial charge in [-0.3, -0.25) is 4.79 Å². The highest BCUT2D eigenvalue weighted by Gasteiger charge is 2.33. The number of benzene rings is 1. The van der Waals surface area contributed by atoms with Crippen LogP contribution in [0, 0.1) is 0 Å². The zero-order valence-corrected chi connectivity index (χ0v) is 11.1. The summed E-state index contributed by atoms with van der Waals surface area (Å²) in [6.07, 6.45) is 3.68. The van der Waals surface area contributed by atoms with Gasteiger partial charge in [0, 0.05) is 12.8 Å². The van der Waals surface area contributed by atoms with Crippen molar-refractivity contribution in [1.82, 2.24) is 0 Å². The monoisotopic (exact) mass is 260 g/mol.